The van der Waals surface area contributed by atoms with E-state index in [4.69, 9.17) is 0 Å². The van der Waals surface area contributed by atoms with Crippen LogP contribution in [0.15, 0.2) is 0 Å². The molecule has 0 saturated carbocycles. The van der Waals surface area contributed by atoms with E-state index in [2.05, 4.69) is 24.1 Å². The topological polar surface area (TPSA) is 14.1 Å². The first kappa shape index (κ1) is 9.95. The van der Waals surface area contributed by atoms with E-state index < -0.39 is 0 Å². The maximum atomic E-state index is 4.50. The lowest BCUT2D eigenvalue weighted by Gasteiger charge is -2.18. The molecule has 1 heterocycles. The van der Waals surface area contributed by atoms with E-state index in [0.717, 1.165) is 19.4 Å². The second kappa shape index (κ2) is 6.39. The van der Waals surface area contributed by atoms with Gasteiger partial charge in [0.25, 0.3) is 0 Å². The summed E-state index contributed by atoms with van der Waals surface area (Å²) < 4.78 is 0. The summed E-state index contributed by atoms with van der Waals surface area (Å²) >= 11 is 2.01. The monoisotopic (exact) mass is 182 g/mol. The van der Waals surface area contributed by atoms with Gasteiger partial charge in [0, 0.05) is 36.9 Å². The molecule has 1 nitrogen and oxygen atoms in total. The van der Waals surface area contributed by atoms with E-state index in [-0.39, 0.29) is 0 Å². The molecule has 67 valence electrons. The van der Waals surface area contributed by atoms with E-state index >= 15 is 0 Å². The van der Waals surface area contributed by atoms with Crippen LogP contribution in [-0.4, -0.2) is 24.1 Å². The van der Waals surface area contributed by atoms with Crippen molar-refractivity contribution >= 4 is 11.8 Å². The first-order valence-corrected chi connectivity index (χ1v) is 5.79. The summed E-state index contributed by atoms with van der Waals surface area (Å²) in [5.74, 6) is 8.75. The normalized spacial score (nSPS) is 22.9. The Hall–Kier alpha value is -0.130. The van der Waals surface area contributed by atoms with E-state index in [1.807, 2.05) is 11.8 Å². The molecule has 0 aromatic heterocycles. The molecule has 1 radical (unpaired) electrons. The van der Waals surface area contributed by atoms with E-state index in [0.29, 0.717) is 6.04 Å². The fourth-order valence-electron chi connectivity index (χ4n) is 1.10. The van der Waals surface area contributed by atoms with Crippen molar-refractivity contribution in [2.45, 2.75) is 32.2 Å². The Morgan fingerprint density at radius 2 is 2.42 bits per heavy atom. The predicted octanol–water partition coefficient (Wildman–Crippen LogP) is 1.90. The quantitative estimate of drug-likeness (QED) is 0.595. The van der Waals surface area contributed by atoms with Gasteiger partial charge < -0.3 is 0 Å². The third kappa shape index (κ3) is 4.04. The smallest absolute Gasteiger partial charge is 0.0446 e. The molecule has 12 heavy (non-hydrogen) atoms. The lowest BCUT2D eigenvalue weighted by Crippen LogP contribution is -2.30. The van der Waals surface area contributed by atoms with Crippen molar-refractivity contribution < 1.29 is 0 Å². The third-order valence-electron chi connectivity index (χ3n) is 1.77. The molecule has 0 spiro atoms. The minimum Gasteiger partial charge on any atom is -0.236 e. The van der Waals surface area contributed by atoms with Gasteiger partial charge in [-0.2, -0.15) is 11.8 Å². The predicted molar refractivity (Wildman–Crippen MR) is 55.4 cm³/mol. The summed E-state index contributed by atoms with van der Waals surface area (Å²) in [5, 5.41) is 4.50. The molecule has 0 bridgehead atoms. The largest absolute Gasteiger partial charge is 0.236 e. The highest BCUT2D eigenvalue weighted by Gasteiger charge is 2.11. The Balaban J connectivity index is 2.09. The zero-order valence-corrected chi connectivity index (χ0v) is 8.49. The third-order valence-corrected chi connectivity index (χ3v) is 2.86. The van der Waals surface area contributed by atoms with Gasteiger partial charge in [-0.1, -0.05) is 6.92 Å². The number of hydrogen-bond acceptors (Lipinski definition) is 1. The summed E-state index contributed by atoms with van der Waals surface area (Å²) in [5.41, 5.74) is 0. The standard InChI is InChI=1S/C10H16NS/c1-2-3-4-5-6-10-9-12-8-7-11-10/h10H,2-3,6-9H2,1H3. The molecule has 0 amide bonds. The van der Waals surface area contributed by atoms with Crippen LogP contribution >= 0.6 is 11.8 Å². The molecule has 0 aromatic carbocycles. The molecule has 1 aliphatic rings. The Morgan fingerprint density at radius 1 is 1.50 bits per heavy atom. The average molecular weight is 182 g/mol. The molecule has 1 saturated heterocycles. The van der Waals surface area contributed by atoms with Gasteiger partial charge in [0.1, 0.15) is 0 Å². The average Bonchev–Trinajstić information content (AvgIpc) is 2.14. The SMILES string of the molecule is CCCC#CCC1CSCC[N]1. The van der Waals surface area contributed by atoms with Gasteiger partial charge in [0.15, 0.2) is 0 Å². The zero-order chi connectivity index (χ0) is 8.65. The number of rotatable bonds is 2. The highest BCUT2D eigenvalue weighted by atomic mass is 32.2. The Labute approximate surface area is 79.7 Å². The van der Waals surface area contributed by atoms with E-state index in [9.17, 15) is 0 Å². The first-order valence-electron chi connectivity index (χ1n) is 4.63. The van der Waals surface area contributed by atoms with Crippen LogP contribution in [0.1, 0.15) is 26.2 Å². The van der Waals surface area contributed by atoms with E-state index in [1.165, 1.54) is 17.9 Å². The molecule has 0 aromatic rings. The molecular weight excluding hydrogens is 166 g/mol. The van der Waals surface area contributed by atoms with Crippen molar-refractivity contribution in [2.24, 2.45) is 0 Å². The summed E-state index contributed by atoms with van der Waals surface area (Å²) in [6.45, 7) is 3.19. The summed E-state index contributed by atoms with van der Waals surface area (Å²) in [7, 11) is 0. The maximum absolute atomic E-state index is 4.50. The van der Waals surface area contributed by atoms with Crippen LogP contribution in [-0.2, 0) is 0 Å². The lowest BCUT2D eigenvalue weighted by molar-refractivity contribution is 0.565. The van der Waals surface area contributed by atoms with Crippen molar-refractivity contribution in [3.05, 3.63) is 0 Å². The maximum Gasteiger partial charge on any atom is 0.0446 e. The van der Waals surface area contributed by atoms with E-state index in [1.54, 1.807) is 0 Å². The highest BCUT2D eigenvalue weighted by Crippen LogP contribution is 2.10. The van der Waals surface area contributed by atoms with Crippen LogP contribution in [0, 0.1) is 11.8 Å². The Morgan fingerprint density at radius 3 is 3.08 bits per heavy atom. The summed E-state index contributed by atoms with van der Waals surface area (Å²) in [4.78, 5) is 0. The molecule has 0 N–H and O–H groups in total. The molecule has 1 fully saturated rings. The highest BCUT2D eigenvalue weighted by molar-refractivity contribution is 7.99. The van der Waals surface area contributed by atoms with Crippen LogP contribution in [0.25, 0.3) is 0 Å². The van der Waals surface area contributed by atoms with Gasteiger partial charge in [0.2, 0.25) is 0 Å². The van der Waals surface area contributed by atoms with Crippen molar-refractivity contribution in [3.8, 4) is 11.8 Å². The molecule has 1 aliphatic heterocycles. The van der Waals surface area contributed by atoms with Crippen LogP contribution in [0.2, 0.25) is 0 Å². The van der Waals surface area contributed by atoms with Gasteiger partial charge in [-0.15, -0.1) is 11.8 Å². The molecule has 1 rings (SSSR count). The van der Waals surface area contributed by atoms with Crippen molar-refractivity contribution in [1.29, 1.82) is 0 Å². The minimum atomic E-state index is 0.521. The second-order valence-corrected chi connectivity index (χ2v) is 4.09. The lowest BCUT2D eigenvalue weighted by atomic mass is 10.2. The Bertz CT molecular complexity index is 162. The van der Waals surface area contributed by atoms with Crippen LogP contribution in [0.4, 0.5) is 0 Å². The summed E-state index contributed by atoms with van der Waals surface area (Å²) in [6.07, 6.45) is 3.19. The zero-order valence-electron chi connectivity index (χ0n) is 7.68. The number of nitrogens with zero attached hydrogens (tertiary/aromatic N) is 1. The minimum absolute atomic E-state index is 0.521. The molecule has 2 heteroatoms. The van der Waals surface area contributed by atoms with Gasteiger partial charge in [-0.3, -0.25) is 0 Å². The molecule has 1 atom stereocenters. The second-order valence-electron chi connectivity index (χ2n) is 2.94. The molecular formula is C10H16NS. The van der Waals surface area contributed by atoms with Crippen molar-refractivity contribution in [3.63, 3.8) is 0 Å². The van der Waals surface area contributed by atoms with Crippen molar-refractivity contribution in [2.75, 3.05) is 18.1 Å². The fraction of sp³-hybridized carbons (Fsp3) is 0.800. The van der Waals surface area contributed by atoms with Gasteiger partial charge in [-0.25, -0.2) is 5.32 Å². The Kier molecular flexibility index (Phi) is 5.30. The van der Waals surface area contributed by atoms with Gasteiger partial charge >= 0.3 is 0 Å². The first-order chi connectivity index (χ1) is 5.93. The number of hydrogen-bond donors (Lipinski definition) is 0. The fourth-order valence-corrected chi connectivity index (χ4v) is 2.00. The van der Waals surface area contributed by atoms with Gasteiger partial charge in [-0.05, 0) is 6.42 Å². The summed E-state index contributed by atoms with van der Waals surface area (Å²) in [6, 6.07) is 0.521. The molecule has 0 aliphatic carbocycles. The number of unbranched alkanes of at least 4 members (excludes halogenated alkanes) is 1. The van der Waals surface area contributed by atoms with Gasteiger partial charge in [0.05, 0.1) is 0 Å². The molecule has 1 unspecified atom stereocenters. The number of thioether (sulfide) groups is 1. The van der Waals surface area contributed by atoms with Crippen LogP contribution < -0.4 is 5.32 Å². The van der Waals surface area contributed by atoms with Crippen molar-refractivity contribution in [1.82, 2.24) is 5.32 Å². The van der Waals surface area contributed by atoms with Crippen LogP contribution in [0.3, 0.4) is 0 Å². The van der Waals surface area contributed by atoms with Crippen LogP contribution in [0.5, 0.6) is 0 Å².